The molecule has 1 aromatic heterocycles. The van der Waals surface area contributed by atoms with Crippen molar-refractivity contribution in [3.63, 3.8) is 0 Å². The predicted octanol–water partition coefficient (Wildman–Crippen LogP) is 5.42. The second-order valence-electron chi connectivity index (χ2n) is 8.02. The van der Waals surface area contributed by atoms with Crippen molar-refractivity contribution < 1.29 is 9.47 Å². The Bertz CT molecular complexity index is 861. The molecule has 0 saturated carbocycles. The standard InChI is InChI=1S/C22H27NO2S/c1-6-22(7-2)13-15-18-14(11-16(24-5)20(15)25-22)12-21(3,4)23-19(18)17-9-8-10-26-17/h8-11H,6-7,12-13H2,1-5H3. The summed E-state index contributed by atoms with van der Waals surface area (Å²) in [5, 5.41) is 2.13. The maximum Gasteiger partial charge on any atom is 0.166 e. The largest absolute Gasteiger partial charge is 0.493 e. The summed E-state index contributed by atoms with van der Waals surface area (Å²) in [6.07, 6.45) is 3.84. The first-order valence-corrected chi connectivity index (χ1v) is 10.4. The summed E-state index contributed by atoms with van der Waals surface area (Å²) in [4.78, 5) is 6.39. The van der Waals surface area contributed by atoms with Crippen molar-refractivity contribution >= 4 is 17.0 Å². The first kappa shape index (κ1) is 17.6. The zero-order valence-corrected chi connectivity index (χ0v) is 17.1. The molecule has 3 nitrogen and oxygen atoms in total. The van der Waals surface area contributed by atoms with Crippen LogP contribution in [0.25, 0.3) is 0 Å². The lowest BCUT2D eigenvalue weighted by molar-refractivity contribution is 0.0828. The minimum Gasteiger partial charge on any atom is -0.493 e. The molecule has 0 bridgehead atoms. The van der Waals surface area contributed by atoms with Crippen LogP contribution in [-0.4, -0.2) is 24.0 Å². The van der Waals surface area contributed by atoms with E-state index in [0.717, 1.165) is 42.9 Å². The topological polar surface area (TPSA) is 30.8 Å². The van der Waals surface area contributed by atoms with Crippen LogP contribution in [0.1, 0.15) is 62.1 Å². The van der Waals surface area contributed by atoms with Crippen LogP contribution in [-0.2, 0) is 12.8 Å². The van der Waals surface area contributed by atoms with E-state index in [1.165, 1.54) is 21.6 Å². The van der Waals surface area contributed by atoms with Gasteiger partial charge >= 0.3 is 0 Å². The number of benzene rings is 1. The van der Waals surface area contributed by atoms with Crippen molar-refractivity contribution in [1.29, 1.82) is 0 Å². The number of aliphatic imine (C=N–C) groups is 1. The molecule has 0 spiro atoms. The van der Waals surface area contributed by atoms with Crippen LogP contribution in [0.5, 0.6) is 11.5 Å². The summed E-state index contributed by atoms with van der Waals surface area (Å²) < 4.78 is 12.3. The van der Waals surface area contributed by atoms with Gasteiger partial charge in [-0.3, -0.25) is 4.99 Å². The number of nitrogens with zero attached hydrogens (tertiary/aromatic N) is 1. The second kappa shape index (κ2) is 6.12. The lowest BCUT2D eigenvalue weighted by atomic mass is 9.81. The van der Waals surface area contributed by atoms with E-state index in [4.69, 9.17) is 14.5 Å². The molecule has 138 valence electrons. The third kappa shape index (κ3) is 2.66. The number of fused-ring (bicyclic) bond motifs is 3. The van der Waals surface area contributed by atoms with Gasteiger partial charge in [-0.25, -0.2) is 0 Å². The second-order valence-corrected chi connectivity index (χ2v) is 8.96. The number of thiophene rings is 1. The Morgan fingerprint density at radius 3 is 2.62 bits per heavy atom. The van der Waals surface area contributed by atoms with Crippen LogP contribution in [0.3, 0.4) is 0 Å². The summed E-state index contributed by atoms with van der Waals surface area (Å²) >= 11 is 1.76. The Kier molecular flexibility index (Phi) is 4.14. The summed E-state index contributed by atoms with van der Waals surface area (Å²) in [6.45, 7) is 8.85. The van der Waals surface area contributed by atoms with Gasteiger partial charge in [0.25, 0.3) is 0 Å². The fourth-order valence-corrected chi connectivity index (χ4v) is 5.01. The normalized spacial score (nSPS) is 19.3. The van der Waals surface area contributed by atoms with Gasteiger partial charge in [-0.05, 0) is 56.2 Å². The van der Waals surface area contributed by atoms with Crippen molar-refractivity contribution in [2.24, 2.45) is 4.99 Å². The van der Waals surface area contributed by atoms with Crippen LogP contribution in [0.4, 0.5) is 0 Å². The summed E-state index contributed by atoms with van der Waals surface area (Å²) in [6, 6.07) is 6.46. The molecule has 0 fully saturated rings. The van der Waals surface area contributed by atoms with E-state index in [1.807, 2.05) is 0 Å². The first-order chi connectivity index (χ1) is 12.4. The Morgan fingerprint density at radius 2 is 2.00 bits per heavy atom. The van der Waals surface area contributed by atoms with Crippen molar-refractivity contribution in [2.45, 2.75) is 64.5 Å². The molecule has 0 amide bonds. The van der Waals surface area contributed by atoms with Crippen molar-refractivity contribution in [1.82, 2.24) is 0 Å². The number of methoxy groups -OCH3 is 1. The Hall–Kier alpha value is -1.81. The van der Waals surface area contributed by atoms with Crippen LogP contribution in [0.15, 0.2) is 28.6 Å². The highest BCUT2D eigenvalue weighted by molar-refractivity contribution is 7.12. The van der Waals surface area contributed by atoms with E-state index in [9.17, 15) is 0 Å². The van der Waals surface area contributed by atoms with E-state index >= 15 is 0 Å². The minimum atomic E-state index is -0.127. The molecule has 2 aromatic rings. The van der Waals surface area contributed by atoms with Crippen LogP contribution < -0.4 is 9.47 Å². The Balaban J connectivity index is 1.97. The number of rotatable bonds is 4. The fourth-order valence-electron chi connectivity index (χ4n) is 4.29. The predicted molar refractivity (Wildman–Crippen MR) is 108 cm³/mol. The molecule has 0 aliphatic carbocycles. The zero-order chi connectivity index (χ0) is 18.5. The minimum absolute atomic E-state index is 0.113. The van der Waals surface area contributed by atoms with E-state index < -0.39 is 0 Å². The maximum absolute atomic E-state index is 6.52. The monoisotopic (exact) mass is 369 g/mol. The van der Waals surface area contributed by atoms with E-state index in [0.29, 0.717) is 0 Å². The molecule has 0 atom stereocenters. The number of hydrogen-bond acceptors (Lipinski definition) is 4. The molecule has 4 rings (SSSR count). The summed E-state index contributed by atoms with van der Waals surface area (Å²) in [5.74, 6) is 1.80. The molecule has 0 N–H and O–H groups in total. The molecule has 1 aromatic carbocycles. The Morgan fingerprint density at radius 1 is 1.23 bits per heavy atom. The molecule has 26 heavy (non-hydrogen) atoms. The lowest BCUT2D eigenvalue weighted by Crippen LogP contribution is -2.33. The van der Waals surface area contributed by atoms with E-state index in [1.54, 1.807) is 18.4 Å². The fraction of sp³-hybridized carbons (Fsp3) is 0.500. The third-order valence-electron chi connectivity index (χ3n) is 5.78. The average Bonchev–Trinajstić information content (AvgIpc) is 3.27. The van der Waals surface area contributed by atoms with E-state index in [-0.39, 0.29) is 11.1 Å². The third-order valence-corrected chi connectivity index (χ3v) is 6.66. The smallest absolute Gasteiger partial charge is 0.166 e. The van der Waals surface area contributed by atoms with Gasteiger partial charge in [0.05, 0.1) is 23.2 Å². The molecule has 0 radical (unpaired) electrons. The average molecular weight is 370 g/mol. The van der Waals surface area contributed by atoms with Crippen LogP contribution in [0.2, 0.25) is 0 Å². The SMILES string of the molecule is CCC1(CC)Cc2c(c(OC)cc3c2C(c2cccs2)=NC(C)(C)C3)O1. The van der Waals surface area contributed by atoms with Crippen molar-refractivity contribution in [3.8, 4) is 11.5 Å². The molecule has 3 heterocycles. The molecule has 2 aliphatic rings. The highest BCUT2D eigenvalue weighted by Gasteiger charge is 2.42. The highest BCUT2D eigenvalue weighted by Crippen LogP contribution is 2.49. The van der Waals surface area contributed by atoms with Gasteiger partial charge in [-0.15, -0.1) is 11.3 Å². The molecule has 0 saturated heterocycles. The van der Waals surface area contributed by atoms with Crippen LogP contribution >= 0.6 is 11.3 Å². The van der Waals surface area contributed by atoms with Gasteiger partial charge in [0.15, 0.2) is 11.5 Å². The molecular weight excluding hydrogens is 342 g/mol. The summed E-state index contributed by atoms with van der Waals surface area (Å²) in [5.41, 5.74) is 4.78. The summed E-state index contributed by atoms with van der Waals surface area (Å²) in [7, 11) is 1.74. The van der Waals surface area contributed by atoms with Gasteiger partial charge in [0.1, 0.15) is 5.60 Å². The zero-order valence-electron chi connectivity index (χ0n) is 16.3. The number of ether oxygens (including phenoxy) is 2. The Labute approximate surface area is 160 Å². The quantitative estimate of drug-likeness (QED) is 0.720. The molecule has 2 aliphatic heterocycles. The van der Waals surface area contributed by atoms with Crippen molar-refractivity contribution in [3.05, 3.63) is 45.1 Å². The van der Waals surface area contributed by atoms with Gasteiger partial charge in [0, 0.05) is 17.5 Å². The van der Waals surface area contributed by atoms with Gasteiger partial charge in [0.2, 0.25) is 0 Å². The van der Waals surface area contributed by atoms with Crippen molar-refractivity contribution in [2.75, 3.05) is 7.11 Å². The molecular formula is C22H27NO2S. The first-order valence-electron chi connectivity index (χ1n) is 9.48. The van der Waals surface area contributed by atoms with Gasteiger partial charge in [-0.1, -0.05) is 19.9 Å². The van der Waals surface area contributed by atoms with Gasteiger partial charge in [-0.2, -0.15) is 0 Å². The lowest BCUT2D eigenvalue weighted by Gasteiger charge is -2.30. The molecule has 4 heteroatoms. The maximum atomic E-state index is 6.52. The molecule has 0 unspecified atom stereocenters. The highest BCUT2D eigenvalue weighted by atomic mass is 32.1. The van der Waals surface area contributed by atoms with E-state index in [2.05, 4.69) is 51.3 Å². The van der Waals surface area contributed by atoms with Gasteiger partial charge < -0.3 is 9.47 Å². The number of hydrogen-bond donors (Lipinski definition) is 0. The van der Waals surface area contributed by atoms with Crippen LogP contribution in [0, 0.1) is 0 Å².